The molecule has 2 rings (SSSR count). The summed E-state index contributed by atoms with van der Waals surface area (Å²) in [5.41, 5.74) is 1.78. The largest absolute Gasteiger partial charge is 0.463 e. The van der Waals surface area contributed by atoms with Crippen molar-refractivity contribution in [3.63, 3.8) is 0 Å². The lowest BCUT2D eigenvalue weighted by Gasteiger charge is -2.03. The third kappa shape index (κ3) is 1.66. The van der Waals surface area contributed by atoms with Crippen LogP contribution in [0.5, 0.6) is 0 Å². The van der Waals surface area contributed by atoms with Crippen LogP contribution in [0.25, 0.3) is 11.5 Å². The maximum atomic E-state index is 5.22. The molecule has 0 N–H and O–H groups in total. The Bertz CT molecular complexity index is 390. The summed E-state index contributed by atoms with van der Waals surface area (Å²) in [6.07, 6.45) is 5.17. The van der Waals surface area contributed by atoms with Crippen molar-refractivity contribution in [2.75, 3.05) is 0 Å². The Labute approximate surface area is 82.8 Å². The van der Waals surface area contributed by atoms with Gasteiger partial charge in [-0.15, -0.1) is 0 Å². The van der Waals surface area contributed by atoms with Crippen LogP contribution in [0.3, 0.4) is 0 Å². The zero-order chi connectivity index (χ0) is 9.97. The third-order valence-electron chi connectivity index (χ3n) is 2.04. The fourth-order valence-electron chi connectivity index (χ4n) is 1.19. The number of hydrogen-bond acceptors (Lipinski definition) is 3. The first-order chi connectivity index (χ1) is 6.77. The van der Waals surface area contributed by atoms with E-state index in [0.29, 0.717) is 5.92 Å². The molecular formula is C11H12N2O. The van der Waals surface area contributed by atoms with Crippen LogP contribution in [-0.4, -0.2) is 9.97 Å². The molecule has 72 valence electrons. The van der Waals surface area contributed by atoms with Crippen LogP contribution in [-0.2, 0) is 0 Å². The van der Waals surface area contributed by atoms with E-state index in [4.69, 9.17) is 4.42 Å². The van der Waals surface area contributed by atoms with Gasteiger partial charge in [0.05, 0.1) is 18.2 Å². The van der Waals surface area contributed by atoms with E-state index in [2.05, 4.69) is 23.8 Å². The summed E-state index contributed by atoms with van der Waals surface area (Å²) in [7, 11) is 0. The van der Waals surface area contributed by atoms with Crippen molar-refractivity contribution in [2.24, 2.45) is 0 Å². The lowest BCUT2D eigenvalue weighted by Crippen LogP contribution is -1.94. The fraction of sp³-hybridized carbons (Fsp3) is 0.273. The van der Waals surface area contributed by atoms with E-state index in [0.717, 1.165) is 17.1 Å². The summed E-state index contributed by atoms with van der Waals surface area (Å²) in [4.78, 5) is 8.60. The average Bonchev–Trinajstić information content (AvgIpc) is 2.71. The first-order valence-electron chi connectivity index (χ1n) is 4.63. The Hall–Kier alpha value is -1.64. The highest BCUT2D eigenvalue weighted by atomic mass is 16.3. The Morgan fingerprint density at radius 3 is 2.57 bits per heavy atom. The standard InChI is InChI=1S/C11H12N2O/c1-8(2)9-6-13-10(7-12-9)11-4-3-5-14-11/h3-8H,1-2H3. The zero-order valence-corrected chi connectivity index (χ0v) is 8.27. The quantitative estimate of drug-likeness (QED) is 0.727. The van der Waals surface area contributed by atoms with Crippen LogP contribution >= 0.6 is 0 Å². The second-order valence-electron chi connectivity index (χ2n) is 3.46. The van der Waals surface area contributed by atoms with Gasteiger partial charge in [0, 0.05) is 6.20 Å². The van der Waals surface area contributed by atoms with Gasteiger partial charge in [-0.25, -0.2) is 4.98 Å². The van der Waals surface area contributed by atoms with Crippen molar-refractivity contribution >= 4 is 0 Å². The third-order valence-corrected chi connectivity index (χ3v) is 2.04. The minimum absolute atomic E-state index is 0.410. The van der Waals surface area contributed by atoms with Gasteiger partial charge < -0.3 is 4.42 Å². The average molecular weight is 188 g/mol. The fourth-order valence-corrected chi connectivity index (χ4v) is 1.19. The number of furan rings is 1. The SMILES string of the molecule is CC(C)c1cnc(-c2ccco2)cn1. The van der Waals surface area contributed by atoms with Gasteiger partial charge in [-0.05, 0) is 18.1 Å². The topological polar surface area (TPSA) is 38.9 Å². The van der Waals surface area contributed by atoms with Crippen molar-refractivity contribution in [3.05, 3.63) is 36.5 Å². The molecule has 0 aromatic carbocycles. The van der Waals surface area contributed by atoms with E-state index in [1.54, 1.807) is 18.7 Å². The second-order valence-corrected chi connectivity index (χ2v) is 3.46. The maximum absolute atomic E-state index is 5.22. The molecule has 0 bridgehead atoms. The van der Waals surface area contributed by atoms with Gasteiger partial charge in [-0.1, -0.05) is 13.8 Å². The van der Waals surface area contributed by atoms with Crippen LogP contribution < -0.4 is 0 Å². The normalized spacial score (nSPS) is 10.8. The second kappa shape index (κ2) is 3.62. The minimum Gasteiger partial charge on any atom is -0.463 e. The number of hydrogen-bond donors (Lipinski definition) is 0. The molecule has 3 heteroatoms. The minimum atomic E-state index is 0.410. The number of nitrogens with zero attached hydrogens (tertiary/aromatic N) is 2. The van der Waals surface area contributed by atoms with Gasteiger partial charge in [0.2, 0.25) is 0 Å². The zero-order valence-electron chi connectivity index (χ0n) is 8.27. The Morgan fingerprint density at radius 1 is 1.21 bits per heavy atom. The van der Waals surface area contributed by atoms with Gasteiger partial charge in [-0.3, -0.25) is 4.98 Å². The monoisotopic (exact) mass is 188 g/mol. The highest BCUT2D eigenvalue weighted by Gasteiger charge is 2.04. The van der Waals surface area contributed by atoms with Crippen LogP contribution in [0.2, 0.25) is 0 Å². The van der Waals surface area contributed by atoms with Crippen molar-refractivity contribution in [3.8, 4) is 11.5 Å². The van der Waals surface area contributed by atoms with E-state index in [1.165, 1.54) is 0 Å². The molecule has 0 amide bonds. The Morgan fingerprint density at radius 2 is 2.07 bits per heavy atom. The number of rotatable bonds is 2. The molecule has 0 unspecified atom stereocenters. The summed E-state index contributed by atoms with van der Waals surface area (Å²) in [5, 5.41) is 0. The molecule has 2 heterocycles. The molecule has 0 spiro atoms. The summed E-state index contributed by atoms with van der Waals surface area (Å²) in [6.45, 7) is 4.19. The van der Waals surface area contributed by atoms with E-state index in [9.17, 15) is 0 Å². The van der Waals surface area contributed by atoms with Gasteiger partial charge in [0.1, 0.15) is 5.69 Å². The van der Waals surface area contributed by atoms with Gasteiger partial charge >= 0.3 is 0 Å². The molecule has 0 saturated carbocycles. The van der Waals surface area contributed by atoms with Crippen LogP contribution in [0.15, 0.2) is 35.2 Å². The predicted molar refractivity (Wildman–Crippen MR) is 53.8 cm³/mol. The highest BCUT2D eigenvalue weighted by Crippen LogP contribution is 2.17. The molecule has 0 atom stereocenters. The molecule has 0 aliphatic rings. The molecule has 0 fully saturated rings. The molecule has 0 saturated heterocycles. The molecule has 3 nitrogen and oxygen atoms in total. The Kier molecular flexibility index (Phi) is 2.31. The van der Waals surface area contributed by atoms with Gasteiger partial charge in [0.25, 0.3) is 0 Å². The lowest BCUT2D eigenvalue weighted by atomic mass is 10.1. The van der Waals surface area contributed by atoms with Gasteiger partial charge in [0.15, 0.2) is 5.76 Å². The maximum Gasteiger partial charge on any atom is 0.153 e. The molecule has 2 aromatic heterocycles. The molecule has 0 aliphatic heterocycles. The van der Waals surface area contributed by atoms with Gasteiger partial charge in [-0.2, -0.15) is 0 Å². The molecule has 14 heavy (non-hydrogen) atoms. The van der Waals surface area contributed by atoms with Crippen molar-refractivity contribution in [2.45, 2.75) is 19.8 Å². The lowest BCUT2D eigenvalue weighted by molar-refractivity contribution is 0.579. The first kappa shape index (κ1) is 8.94. The van der Waals surface area contributed by atoms with Crippen LogP contribution in [0, 0.1) is 0 Å². The van der Waals surface area contributed by atoms with E-state index < -0.39 is 0 Å². The van der Waals surface area contributed by atoms with E-state index >= 15 is 0 Å². The summed E-state index contributed by atoms with van der Waals surface area (Å²) in [6, 6.07) is 3.71. The molecule has 0 aliphatic carbocycles. The molecule has 2 aromatic rings. The van der Waals surface area contributed by atoms with Crippen LogP contribution in [0.1, 0.15) is 25.5 Å². The van der Waals surface area contributed by atoms with Crippen molar-refractivity contribution < 1.29 is 4.42 Å². The molecule has 0 radical (unpaired) electrons. The molecular weight excluding hydrogens is 176 g/mol. The number of aromatic nitrogens is 2. The summed E-state index contributed by atoms with van der Waals surface area (Å²) >= 11 is 0. The predicted octanol–water partition coefficient (Wildman–Crippen LogP) is 2.86. The smallest absolute Gasteiger partial charge is 0.153 e. The summed E-state index contributed by atoms with van der Waals surface area (Å²) in [5.74, 6) is 1.17. The van der Waals surface area contributed by atoms with Crippen molar-refractivity contribution in [1.29, 1.82) is 0 Å². The Balaban J connectivity index is 2.31. The summed E-state index contributed by atoms with van der Waals surface area (Å²) < 4.78 is 5.22. The van der Waals surface area contributed by atoms with Crippen molar-refractivity contribution in [1.82, 2.24) is 9.97 Å². The van der Waals surface area contributed by atoms with E-state index in [-0.39, 0.29) is 0 Å². The van der Waals surface area contributed by atoms with Crippen LogP contribution in [0.4, 0.5) is 0 Å². The highest BCUT2D eigenvalue weighted by molar-refractivity contribution is 5.49. The first-order valence-corrected chi connectivity index (χ1v) is 4.63. The van der Waals surface area contributed by atoms with E-state index in [1.807, 2.05) is 12.1 Å².